The second-order valence-corrected chi connectivity index (χ2v) is 6.54. The van der Waals surface area contributed by atoms with Gasteiger partial charge in [-0.2, -0.15) is 4.31 Å². The lowest BCUT2D eigenvalue weighted by atomic mass is 9.94. The third kappa shape index (κ3) is 2.28. The molecular formula is C11H16N2O4S. The zero-order valence-corrected chi connectivity index (χ0v) is 10.9. The van der Waals surface area contributed by atoms with Gasteiger partial charge in [-0.3, -0.25) is 4.79 Å². The lowest BCUT2D eigenvalue weighted by Gasteiger charge is -2.34. The van der Waals surface area contributed by atoms with Crippen LogP contribution in [0.25, 0.3) is 0 Å². The Balaban J connectivity index is 2.34. The molecule has 1 aromatic rings. The average Bonchev–Trinajstić information content (AvgIpc) is 2.82. The minimum atomic E-state index is -3.72. The Morgan fingerprint density at radius 2 is 2.28 bits per heavy atom. The molecule has 0 saturated carbocycles. The molecule has 18 heavy (non-hydrogen) atoms. The van der Waals surface area contributed by atoms with E-state index >= 15 is 0 Å². The summed E-state index contributed by atoms with van der Waals surface area (Å²) < 4.78 is 25.7. The molecule has 1 aliphatic rings. The molecule has 6 nitrogen and oxygen atoms in total. The molecule has 0 aromatic carbocycles. The fraction of sp³-hybridized carbons (Fsp3) is 0.545. The van der Waals surface area contributed by atoms with Crippen LogP contribution in [0.2, 0.25) is 0 Å². The van der Waals surface area contributed by atoms with Crippen molar-refractivity contribution in [2.45, 2.75) is 30.7 Å². The van der Waals surface area contributed by atoms with E-state index < -0.39 is 22.0 Å². The molecule has 7 heteroatoms. The van der Waals surface area contributed by atoms with Crippen molar-refractivity contribution in [3.8, 4) is 0 Å². The van der Waals surface area contributed by atoms with Crippen LogP contribution in [0.1, 0.15) is 19.8 Å². The second kappa shape index (κ2) is 4.74. The number of rotatable bonds is 3. The number of carbonyl (C=O) groups is 1. The molecule has 1 saturated heterocycles. The van der Waals surface area contributed by atoms with E-state index in [1.165, 1.54) is 18.5 Å². The Morgan fingerprint density at radius 3 is 2.83 bits per heavy atom. The number of sulfonamides is 1. The molecule has 2 atom stereocenters. The van der Waals surface area contributed by atoms with Gasteiger partial charge in [0.05, 0.1) is 4.90 Å². The summed E-state index contributed by atoms with van der Waals surface area (Å²) in [4.78, 5) is 14.0. The zero-order valence-electron chi connectivity index (χ0n) is 10.0. The summed E-state index contributed by atoms with van der Waals surface area (Å²) in [5.41, 5.74) is 0. The van der Waals surface area contributed by atoms with Crippen LogP contribution in [0.3, 0.4) is 0 Å². The molecule has 1 aliphatic heterocycles. The number of aromatic amines is 1. The average molecular weight is 272 g/mol. The lowest BCUT2D eigenvalue weighted by Crippen LogP contribution is -2.49. The summed E-state index contributed by atoms with van der Waals surface area (Å²) in [6.45, 7) is 2.20. The van der Waals surface area contributed by atoms with E-state index in [2.05, 4.69) is 4.98 Å². The monoisotopic (exact) mass is 272 g/mol. The summed E-state index contributed by atoms with van der Waals surface area (Å²) in [5.74, 6) is -0.857. The van der Waals surface area contributed by atoms with Gasteiger partial charge in [-0.1, -0.05) is 6.92 Å². The minimum Gasteiger partial charge on any atom is -0.480 e. The highest BCUT2D eigenvalue weighted by atomic mass is 32.2. The van der Waals surface area contributed by atoms with Crippen LogP contribution < -0.4 is 0 Å². The van der Waals surface area contributed by atoms with Crippen LogP contribution in [0.5, 0.6) is 0 Å². The molecule has 1 fully saturated rings. The van der Waals surface area contributed by atoms with Crippen molar-refractivity contribution in [2.75, 3.05) is 6.54 Å². The van der Waals surface area contributed by atoms with E-state index in [1.54, 1.807) is 0 Å². The van der Waals surface area contributed by atoms with Crippen LogP contribution in [-0.2, 0) is 14.8 Å². The molecule has 0 bridgehead atoms. The number of hydrogen-bond acceptors (Lipinski definition) is 3. The third-order valence-corrected chi connectivity index (χ3v) is 5.18. The van der Waals surface area contributed by atoms with Crippen molar-refractivity contribution < 1.29 is 18.3 Å². The van der Waals surface area contributed by atoms with Gasteiger partial charge in [-0.25, -0.2) is 8.42 Å². The summed E-state index contributed by atoms with van der Waals surface area (Å²) >= 11 is 0. The van der Waals surface area contributed by atoms with Gasteiger partial charge in [-0.15, -0.1) is 0 Å². The molecule has 2 rings (SSSR count). The number of nitrogens with one attached hydrogen (secondary N) is 1. The first kappa shape index (κ1) is 13.1. The second-order valence-electron chi connectivity index (χ2n) is 4.65. The number of carboxylic acid groups (broad SMARTS) is 1. The minimum absolute atomic E-state index is 0.114. The van der Waals surface area contributed by atoms with Crippen LogP contribution in [0.15, 0.2) is 23.4 Å². The van der Waals surface area contributed by atoms with Gasteiger partial charge in [0.1, 0.15) is 6.04 Å². The first-order valence-corrected chi connectivity index (χ1v) is 7.24. The largest absolute Gasteiger partial charge is 0.480 e. The van der Waals surface area contributed by atoms with E-state index in [1.807, 2.05) is 6.92 Å². The van der Waals surface area contributed by atoms with E-state index in [0.29, 0.717) is 12.8 Å². The first-order chi connectivity index (χ1) is 8.43. The van der Waals surface area contributed by atoms with Crippen molar-refractivity contribution in [2.24, 2.45) is 5.92 Å². The fourth-order valence-electron chi connectivity index (χ4n) is 2.24. The van der Waals surface area contributed by atoms with Crippen molar-refractivity contribution in [3.05, 3.63) is 18.5 Å². The van der Waals surface area contributed by atoms with Crippen LogP contribution >= 0.6 is 0 Å². The zero-order chi connectivity index (χ0) is 13.3. The maximum absolute atomic E-state index is 12.3. The van der Waals surface area contributed by atoms with E-state index in [0.717, 1.165) is 4.31 Å². The van der Waals surface area contributed by atoms with E-state index in [-0.39, 0.29) is 17.4 Å². The normalized spacial score (nSPS) is 26.1. The van der Waals surface area contributed by atoms with Gasteiger partial charge >= 0.3 is 5.97 Å². The summed E-state index contributed by atoms with van der Waals surface area (Å²) in [5, 5.41) is 9.17. The molecule has 2 unspecified atom stereocenters. The summed E-state index contributed by atoms with van der Waals surface area (Å²) in [6.07, 6.45) is 3.92. The number of hydrogen-bond donors (Lipinski definition) is 2. The van der Waals surface area contributed by atoms with Crippen LogP contribution in [0.4, 0.5) is 0 Å². The van der Waals surface area contributed by atoms with Crippen molar-refractivity contribution in [3.63, 3.8) is 0 Å². The van der Waals surface area contributed by atoms with Gasteiger partial charge in [0.25, 0.3) is 0 Å². The maximum atomic E-state index is 12.3. The van der Waals surface area contributed by atoms with Crippen molar-refractivity contribution >= 4 is 16.0 Å². The maximum Gasteiger partial charge on any atom is 0.322 e. The Bertz CT molecular complexity index is 523. The van der Waals surface area contributed by atoms with Crippen LogP contribution in [0, 0.1) is 5.92 Å². The van der Waals surface area contributed by atoms with Gasteiger partial charge in [0.15, 0.2) is 0 Å². The lowest BCUT2D eigenvalue weighted by molar-refractivity contribution is -0.142. The Morgan fingerprint density at radius 1 is 1.56 bits per heavy atom. The molecule has 1 aromatic heterocycles. The number of carboxylic acids is 1. The summed E-state index contributed by atoms with van der Waals surface area (Å²) in [7, 11) is -3.72. The van der Waals surface area contributed by atoms with Crippen molar-refractivity contribution in [1.82, 2.24) is 9.29 Å². The smallest absolute Gasteiger partial charge is 0.322 e. The van der Waals surface area contributed by atoms with E-state index in [9.17, 15) is 18.3 Å². The predicted molar refractivity (Wildman–Crippen MR) is 64.5 cm³/mol. The third-order valence-electron chi connectivity index (χ3n) is 3.28. The molecular weight excluding hydrogens is 256 g/mol. The topological polar surface area (TPSA) is 90.5 Å². The van der Waals surface area contributed by atoms with E-state index in [4.69, 9.17) is 0 Å². The standard InChI is InChI=1S/C11H16N2O4S/c1-8-3-5-13(10(6-8)11(14)15)18(16,17)9-2-4-12-7-9/h2,4,7-8,10,12H,3,5-6H2,1H3,(H,14,15). The molecule has 100 valence electrons. The van der Waals surface area contributed by atoms with Crippen LogP contribution in [-0.4, -0.2) is 41.4 Å². The molecule has 0 amide bonds. The highest BCUT2D eigenvalue weighted by Gasteiger charge is 2.39. The molecule has 0 spiro atoms. The Kier molecular flexibility index (Phi) is 3.45. The van der Waals surface area contributed by atoms with Gasteiger partial charge in [-0.05, 0) is 24.8 Å². The number of aliphatic carboxylic acids is 1. The molecule has 2 heterocycles. The SMILES string of the molecule is CC1CCN(S(=O)(=O)c2cc[nH]c2)C(C(=O)O)C1. The highest BCUT2D eigenvalue weighted by Crippen LogP contribution is 2.28. The fourth-order valence-corrected chi connectivity index (χ4v) is 3.82. The van der Waals surface area contributed by atoms with Gasteiger partial charge in [0, 0.05) is 18.9 Å². The summed E-state index contributed by atoms with van der Waals surface area (Å²) in [6, 6.07) is 0.473. The molecule has 0 radical (unpaired) electrons. The number of aromatic nitrogens is 1. The molecule has 2 N–H and O–H groups in total. The van der Waals surface area contributed by atoms with Gasteiger partial charge in [0.2, 0.25) is 10.0 Å². The Labute approximate surface area is 106 Å². The Hall–Kier alpha value is -1.34. The number of nitrogens with zero attached hydrogens (tertiary/aromatic N) is 1. The highest BCUT2D eigenvalue weighted by molar-refractivity contribution is 7.89. The molecule has 0 aliphatic carbocycles. The first-order valence-electron chi connectivity index (χ1n) is 5.80. The van der Waals surface area contributed by atoms with Crippen molar-refractivity contribution in [1.29, 1.82) is 0 Å². The quantitative estimate of drug-likeness (QED) is 0.855. The number of piperidine rings is 1. The number of H-pyrrole nitrogens is 1. The van der Waals surface area contributed by atoms with Gasteiger partial charge < -0.3 is 10.1 Å². The predicted octanol–water partition coefficient (Wildman–Crippen LogP) is 0.889.